The van der Waals surface area contributed by atoms with Crippen molar-refractivity contribution in [1.29, 1.82) is 0 Å². The van der Waals surface area contributed by atoms with Gasteiger partial charge in [-0.1, -0.05) is 6.92 Å². The molecule has 66 valence electrons. The van der Waals surface area contributed by atoms with Gasteiger partial charge in [0.05, 0.1) is 0 Å². The predicted octanol–water partition coefficient (Wildman–Crippen LogP) is 1.07. The van der Waals surface area contributed by atoms with Crippen LogP contribution in [0.25, 0.3) is 0 Å². The van der Waals surface area contributed by atoms with Gasteiger partial charge in [0.1, 0.15) is 0 Å². The Morgan fingerprint density at radius 1 is 1.55 bits per heavy atom. The van der Waals surface area contributed by atoms with Crippen LogP contribution in [0.1, 0.15) is 26.7 Å². The molecule has 2 heteroatoms. The number of likely N-dealkylation sites (tertiary alicyclic amines) is 1. The lowest BCUT2D eigenvalue weighted by molar-refractivity contribution is 0.0552. The third-order valence-corrected chi connectivity index (χ3v) is 2.77. The minimum absolute atomic E-state index is 0.782. The number of rotatable bonds is 4. The highest BCUT2D eigenvalue weighted by molar-refractivity contribution is 4.82. The maximum Gasteiger partial charge on any atom is 0.00645 e. The SMILES string of the molecule is CCC(C)N1CC(CCN)C1. The zero-order valence-corrected chi connectivity index (χ0v) is 7.71. The smallest absolute Gasteiger partial charge is 0.00645 e. The second-order valence-electron chi connectivity index (χ2n) is 3.65. The molecule has 1 aliphatic rings. The summed E-state index contributed by atoms with van der Waals surface area (Å²) < 4.78 is 0. The summed E-state index contributed by atoms with van der Waals surface area (Å²) in [5, 5.41) is 0. The van der Waals surface area contributed by atoms with Crippen LogP contribution < -0.4 is 5.73 Å². The standard InChI is InChI=1S/C9H20N2/c1-3-8(2)11-6-9(7-11)4-5-10/h8-9H,3-7,10H2,1-2H3. The number of hydrogen-bond donors (Lipinski definition) is 1. The summed E-state index contributed by atoms with van der Waals surface area (Å²) >= 11 is 0. The van der Waals surface area contributed by atoms with Gasteiger partial charge in [0.15, 0.2) is 0 Å². The van der Waals surface area contributed by atoms with E-state index in [1.54, 1.807) is 0 Å². The molecule has 2 N–H and O–H groups in total. The van der Waals surface area contributed by atoms with Crippen molar-refractivity contribution in [3.8, 4) is 0 Å². The van der Waals surface area contributed by atoms with Crippen LogP contribution >= 0.6 is 0 Å². The van der Waals surface area contributed by atoms with E-state index in [0.717, 1.165) is 18.5 Å². The Balaban J connectivity index is 2.08. The van der Waals surface area contributed by atoms with Gasteiger partial charge in [-0.3, -0.25) is 0 Å². The molecule has 2 nitrogen and oxygen atoms in total. The molecule has 0 aromatic heterocycles. The van der Waals surface area contributed by atoms with Crippen LogP contribution in [0, 0.1) is 5.92 Å². The molecule has 1 fully saturated rings. The first kappa shape index (κ1) is 9.01. The Kier molecular flexibility index (Phi) is 3.34. The van der Waals surface area contributed by atoms with Crippen molar-refractivity contribution < 1.29 is 0 Å². The monoisotopic (exact) mass is 156 g/mol. The van der Waals surface area contributed by atoms with E-state index >= 15 is 0 Å². The molecule has 1 aliphatic heterocycles. The molecule has 11 heavy (non-hydrogen) atoms. The van der Waals surface area contributed by atoms with E-state index in [1.165, 1.54) is 25.9 Å². The molecule has 0 aromatic rings. The summed E-state index contributed by atoms with van der Waals surface area (Å²) in [6.45, 7) is 7.98. The zero-order valence-electron chi connectivity index (χ0n) is 7.71. The molecule has 0 radical (unpaired) electrons. The lowest BCUT2D eigenvalue weighted by Crippen LogP contribution is -2.51. The third kappa shape index (κ3) is 2.17. The van der Waals surface area contributed by atoms with Gasteiger partial charge < -0.3 is 10.6 Å². The summed E-state index contributed by atoms with van der Waals surface area (Å²) in [5.74, 6) is 0.897. The second kappa shape index (κ2) is 4.07. The maximum atomic E-state index is 5.47. The number of hydrogen-bond acceptors (Lipinski definition) is 2. The number of nitrogens with zero attached hydrogens (tertiary/aromatic N) is 1. The average molecular weight is 156 g/mol. The average Bonchev–Trinajstić information content (AvgIpc) is 1.94. The molecular formula is C9H20N2. The molecule has 0 amide bonds. The van der Waals surface area contributed by atoms with E-state index in [2.05, 4.69) is 18.7 Å². The van der Waals surface area contributed by atoms with Gasteiger partial charge >= 0.3 is 0 Å². The zero-order chi connectivity index (χ0) is 8.27. The molecule has 0 aliphatic carbocycles. The van der Waals surface area contributed by atoms with Gasteiger partial charge in [-0.25, -0.2) is 0 Å². The first-order chi connectivity index (χ1) is 5.27. The molecule has 1 heterocycles. The normalized spacial score (nSPS) is 23.2. The maximum absolute atomic E-state index is 5.47. The van der Waals surface area contributed by atoms with Crippen molar-refractivity contribution in [3.63, 3.8) is 0 Å². The van der Waals surface area contributed by atoms with Crippen molar-refractivity contribution in [2.45, 2.75) is 32.7 Å². The Morgan fingerprint density at radius 3 is 2.64 bits per heavy atom. The van der Waals surface area contributed by atoms with Gasteiger partial charge in [-0.2, -0.15) is 0 Å². The van der Waals surface area contributed by atoms with Gasteiger partial charge in [-0.05, 0) is 32.2 Å². The van der Waals surface area contributed by atoms with Crippen LogP contribution in [0.4, 0.5) is 0 Å². The van der Waals surface area contributed by atoms with Crippen LogP contribution in [0.3, 0.4) is 0 Å². The summed E-state index contributed by atoms with van der Waals surface area (Å²) in [7, 11) is 0. The van der Waals surface area contributed by atoms with E-state index in [4.69, 9.17) is 5.73 Å². The second-order valence-corrected chi connectivity index (χ2v) is 3.65. The van der Waals surface area contributed by atoms with Crippen molar-refractivity contribution in [3.05, 3.63) is 0 Å². The number of nitrogens with two attached hydrogens (primary N) is 1. The molecule has 0 bridgehead atoms. The molecule has 0 spiro atoms. The lowest BCUT2D eigenvalue weighted by Gasteiger charge is -2.43. The van der Waals surface area contributed by atoms with E-state index in [-0.39, 0.29) is 0 Å². The highest BCUT2D eigenvalue weighted by Crippen LogP contribution is 2.21. The Morgan fingerprint density at radius 2 is 2.18 bits per heavy atom. The van der Waals surface area contributed by atoms with E-state index < -0.39 is 0 Å². The van der Waals surface area contributed by atoms with Crippen molar-refractivity contribution >= 4 is 0 Å². The predicted molar refractivity (Wildman–Crippen MR) is 48.5 cm³/mol. The quantitative estimate of drug-likeness (QED) is 0.659. The fourth-order valence-electron chi connectivity index (χ4n) is 1.65. The van der Waals surface area contributed by atoms with Gasteiger partial charge in [0.2, 0.25) is 0 Å². The van der Waals surface area contributed by atoms with Crippen molar-refractivity contribution in [2.75, 3.05) is 19.6 Å². The third-order valence-electron chi connectivity index (χ3n) is 2.77. The molecule has 0 saturated carbocycles. The first-order valence-electron chi connectivity index (χ1n) is 4.72. The summed E-state index contributed by atoms with van der Waals surface area (Å²) in [6.07, 6.45) is 2.49. The Bertz CT molecular complexity index is 108. The molecular weight excluding hydrogens is 136 g/mol. The highest BCUT2D eigenvalue weighted by atomic mass is 15.2. The summed E-state index contributed by atoms with van der Waals surface area (Å²) in [4.78, 5) is 2.54. The molecule has 1 rings (SSSR count). The van der Waals surface area contributed by atoms with Gasteiger partial charge in [-0.15, -0.1) is 0 Å². The fraction of sp³-hybridized carbons (Fsp3) is 1.00. The van der Waals surface area contributed by atoms with E-state index in [1.807, 2.05) is 0 Å². The topological polar surface area (TPSA) is 29.3 Å². The van der Waals surface area contributed by atoms with Gasteiger partial charge in [0, 0.05) is 19.1 Å². The van der Waals surface area contributed by atoms with Crippen LogP contribution in [-0.2, 0) is 0 Å². The molecule has 1 saturated heterocycles. The van der Waals surface area contributed by atoms with Crippen LogP contribution in [0.2, 0.25) is 0 Å². The lowest BCUT2D eigenvalue weighted by atomic mass is 9.94. The molecule has 1 unspecified atom stereocenters. The van der Waals surface area contributed by atoms with E-state index in [0.29, 0.717) is 0 Å². The first-order valence-corrected chi connectivity index (χ1v) is 4.72. The molecule has 0 aromatic carbocycles. The van der Waals surface area contributed by atoms with Crippen LogP contribution in [0.15, 0.2) is 0 Å². The Labute approximate surface area is 69.8 Å². The highest BCUT2D eigenvalue weighted by Gasteiger charge is 2.28. The minimum Gasteiger partial charge on any atom is -0.330 e. The fourth-order valence-corrected chi connectivity index (χ4v) is 1.65. The van der Waals surface area contributed by atoms with Crippen molar-refractivity contribution in [2.24, 2.45) is 11.7 Å². The van der Waals surface area contributed by atoms with Crippen molar-refractivity contribution in [1.82, 2.24) is 4.90 Å². The van der Waals surface area contributed by atoms with Crippen LogP contribution in [0.5, 0.6) is 0 Å². The van der Waals surface area contributed by atoms with Crippen LogP contribution in [-0.4, -0.2) is 30.6 Å². The van der Waals surface area contributed by atoms with Gasteiger partial charge in [0.25, 0.3) is 0 Å². The largest absolute Gasteiger partial charge is 0.330 e. The summed E-state index contributed by atoms with van der Waals surface area (Å²) in [5.41, 5.74) is 5.47. The Hall–Kier alpha value is -0.0800. The summed E-state index contributed by atoms with van der Waals surface area (Å²) in [6, 6.07) is 0.782. The van der Waals surface area contributed by atoms with E-state index in [9.17, 15) is 0 Å². The minimum atomic E-state index is 0.782. The molecule has 1 atom stereocenters.